The molecule has 0 saturated heterocycles. The summed E-state index contributed by atoms with van der Waals surface area (Å²) in [5.41, 5.74) is 1.94. The van der Waals surface area contributed by atoms with Gasteiger partial charge in [0.1, 0.15) is 5.82 Å². The first-order valence-electron chi connectivity index (χ1n) is 9.70. The zero-order valence-corrected chi connectivity index (χ0v) is 16.8. The molecule has 3 aromatic carbocycles. The number of benzene rings is 3. The molecule has 32 heavy (non-hydrogen) atoms. The Morgan fingerprint density at radius 2 is 1.78 bits per heavy atom. The normalized spacial score (nSPS) is 12.6. The van der Waals surface area contributed by atoms with Crippen molar-refractivity contribution in [2.75, 3.05) is 7.11 Å². The van der Waals surface area contributed by atoms with Crippen molar-refractivity contribution in [2.45, 2.75) is 6.18 Å². The van der Waals surface area contributed by atoms with E-state index in [9.17, 15) is 13.2 Å². The highest BCUT2D eigenvalue weighted by molar-refractivity contribution is 5.86. The fourth-order valence-corrected chi connectivity index (χ4v) is 3.49. The van der Waals surface area contributed by atoms with Gasteiger partial charge in [0.05, 0.1) is 35.0 Å². The van der Waals surface area contributed by atoms with Gasteiger partial charge in [0.25, 0.3) is 0 Å². The highest BCUT2D eigenvalue weighted by atomic mass is 19.4. The molecule has 0 unspecified atom stereocenters. The van der Waals surface area contributed by atoms with Gasteiger partial charge in [-0.3, -0.25) is 0 Å². The number of methoxy groups -OCH3 is 1. The first-order chi connectivity index (χ1) is 15.4. The summed E-state index contributed by atoms with van der Waals surface area (Å²) in [6.45, 7) is 0. The monoisotopic (exact) mass is 435 g/mol. The number of para-hydroxylation sites is 3. The molecular weight excluding hydrogens is 419 g/mol. The smallest absolute Gasteiger partial charge is 0.416 e. The van der Waals surface area contributed by atoms with Crippen molar-refractivity contribution in [1.29, 1.82) is 0 Å². The SMILES string of the molecule is COc1cccc2cc(-c3nc4ccccc4[nH]3)c(=Nc3cccc(C(F)(F)F)c3)oc12. The lowest BCUT2D eigenvalue weighted by atomic mass is 10.1. The standard InChI is InChI=1S/C24H16F3N3O2/c1-31-20-11-4-6-14-12-17(22-29-18-9-2-3-10-19(18)30-22)23(32-21(14)20)28-16-8-5-7-15(13-16)24(25,26)27/h2-13H,1H3,(H,29,30). The van der Waals surface area contributed by atoms with Gasteiger partial charge in [-0.25, -0.2) is 9.98 Å². The second-order valence-corrected chi connectivity index (χ2v) is 7.11. The van der Waals surface area contributed by atoms with Crippen LogP contribution in [0.2, 0.25) is 0 Å². The molecule has 0 amide bonds. The Morgan fingerprint density at radius 3 is 2.56 bits per heavy atom. The topological polar surface area (TPSA) is 63.4 Å². The van der Waals surface area contributed by atoms with Gasteiger partial charge >= 0.3 is 6.18 Å². The zero-order chi connectivity index (χ0) is 22.3. The molecule has 5 nitrogen and oxygen atoms in total. The van der Waals surface area contributed by atoms with Gasteiger partial charge in [-0.15, -0.1) is 0 Å². The third-order valence-corrected chi connectivity index (χ3v) is 5.01. The van der Waals surface area contributed by atoms with Crippen LogP contribution in [-0.4, -0.2) is 17.1 Å². The quantitative estimate of drug-likeness (QED) is 0.365. The van der Waals surface area contributed by atoms with Crippen LogP contribution < -0.4 is 10.3 Å². The van der Waals surface area contributed by atoms with Crippen LogP contribution >= 0.6 is 0 Å². The second-order valence-electron chi connectivity index (χ2n) is 7.11. The van der Waals surface area contributed by atoms with Gasteiger partial charge in [-0.1, -0.05) is 30.3 Å². The molecular formula is C24H16F3N3O2. The molecule has 0 saturated carbocycles. The van der Waals surface area contributed by atoms with Crippen LogP contribution in [0.4, 0.5) is 18.9 Å². The van der Waals surface area contributed by atoms with Gasteiger partial charge in [0.2, 0.25) is 5.55 Å². The van der Waals surface area contributed by atoms with E-state index in [4.69, 9.17) is 9.15 Å². The summed E-state index contributed by atoms with van der Waals surface area (Å²) in [6.07, 6.45) is -4.48. The molecule has 0 aliphatic heterocycles. The van der Waals surface area contributed by atoms with E-state index in [-0.39, 0.29) is 11.2 Å². The van der Waals surface area contributed by atoms with Crippen LogP contribution in [-0.2, 0) is 6.18 Å². The lowest BCUT2D eigenvalue weighted by Gasteiger charge is -2.08. The van der Waals surface area contributed by atoms with Gasteiger partial charge < -0.3 is 14.1 Å². The molecule has 160 valence electrons. The number of aromatic amines is 1. The molecule has 8 heteroatoms. The van der Waals surface area contributed by atoms with Crippen LogP contribution in [0.5, 0.6) is 5.75 Å². The van der Waals surface area contributed by atoms with E-state index in [1.807, 2.05) is 42.5 Å². The average molecular weight is 435 g/mol. The number of halogens is 3. The minimum atomic E-state index is -4.48. The number of ether oxygens (including phenoxy) is 1. The molecule has 5 rings (SSSR count). The van der Waals surface area contributed by atoms with Gasteiger partial charge in [0.15, 0.2) is 11.3 Å². The molecule has 0 bridgehead atoms. The third-order valence-electron chi connectivity index (χ3n) is 5.01. The summed E-state index contributed by atoms with van der Waals surface area (Å²) in [5, 5.41) is 0.739. The van der Waals surface area contributed by atoms with E-state index in [0.717, 1.165) is 28.6 Å². The molecule has 0 fully saturated rings. The molecule has 0 aliphatic carbocycles. The predicted octanol–water partition coefficient (Wildman–Crippen LogP) is 6.24. The Kier molecular flexibility index (Phi) is 4.70. The number of H-pyrrole nitrogens is 1. The van der Waals surface area contributed by atoms with Gasteiger partial charge in [-0.05, 0) is 42.5 Å². The maximum absolute atomic E-state index is 13.2. The number of nitrogens with zero attached hydrogens (tertiary/aromatic N) is 2. The Labute approximate surface area is 179 Å². The highest BCUT2D eigenvalue weighted by Gasteiger charge is 2.30. The summed E-state index contributed by atoms with van der Waals surface area (Å²) in [7, 11) is 1.51. The van der Waals surface area contributed by atoms with Crippen LogP contribution in [0.3, 0.4) is 0 Å². The number of hydrogen-bond acceptors (Lipinski definition) is 4. The third kappa shape index (κ3) is 3.60. The Hall–Kier alpha value is -4.07. The van der Waals surface area contributed by atoms with Crippen molar-refractivity contribution in [3.05, 3.63) is 83.9 Å². The van der Waals surface area contributed by atoms with Crippen molar-refractivity contribution in [3.8, 4) is 17.1 Å². The second kappa shape index (κ2) is 7.56. The summed E-state index contributed by atoms with van der Waals surface area (Å²) in [4.78, 5) is 12.2. The van der Waals surface area contributed by atoms with Gasteiger partial charge in [0, 0.05) is 5.39 Å². The molecule has 0 aliphatic rings. The largest absolute Gasteiger partial charge is 0.493 e. The number of fused-ring (bicyclic) bond motifs is 2. The zero-order valence-electron chi connectivity index (χ0n) is 16.8. The molecule has 0 spiro atoms. The Morgan fingerprint density at radius 1 is 0.969 bits per heavy atom. The lowest BCUT2D eigenvalue weighted by molar-refractivity contribution is -0.137. The van der Waals surface area contributed by atoms with Crippen molar-refractivity contribution in [2.24, 2.45) is 4.99 Å². The lowest BCUT2D eigenvalue weighted by Crippen LogP contribution is -2.07. The fraction of sp³-hybridized carbons (Fsp3) is 0.0833. The maximum Gasteiger partial charge on any atom is 0.416 e. The van der Waals surface area contributed by atoms with Crippen molar-refractivity contribution in [1.82, 2.24) is 9.97 Å². The van der Waals surface area contributed by atoms with Crippen LogP contribution in [0.15, 0.2) is 82.2 Å². The number of alkyl halides is 3. The van der Waals surface area contributed by atoms with Gasteiger partial charge in [-0.2, -0.15) is 13.2 Å². The first-order valence-corrected chi connectivity index (χ1v) is 9.70. The fourth-order valence-electron chi connectivity index (χ4n) is 3.49. The number of rotatable bonds is 3. The predicted molar refractivity (Wildman–Crippen MR) is 115 cm³/mol. The minimum Gasteiger partial charge on any atom is -0.493 e. The van der Waals surface area contributed by atoms with Crippen molar-refractivity contribution < 1.29 is 22.3 Å². The average Bonchev–Trinajstić information content (AvgIpc) is 3.22. The molecule has 1 N–H and O–H groups in total. The van der Waals surface area contributed by atoms with Crippen LogP contribution in [0, 0.1) is 0 Å². The molecule has 0 atom stereocenters. The number of nitrogens with one attached hydrogen (secondary N) is 1. The summed E-state index contributed by atoms with van der Waals surface area (Å²) in [5.74, 6) is 0.976. The van der Waals surface area contributed by atoms with E-state index in [1.165, 1.54) is 19.2 Å². The molecule has 2 aromatic heterocycles. The summed E-state index contributed by atoms with van der Waals surface area (Å²) >= 11 is 0. The summed E-state index contributed by atoms with van der Waals surface area (Å²) in [6, 6.07) is 19.5. The van der Waals surface area contributed by atoms with E-state index in [1.54, 1.807) is 6.07 Å². The van der Waals surface area contributed by atoms with Crippen molar-refractivity contribution in [3.63, 3.8) is 0 Å². The Bertz CT molecular complexity index is 1480. The summed E-state index contributed by atoms with van der Waals surface area (Å²) < 4.78 is 51.0. The van der Waals surface area contributed by atoms with E-state index >= 15 is 0 Å². The minimum absolute atomic E-state index is 0.107. The number of aromatic nitrogens is 2. The number of imidazole rings is 1. The Balaban J connectivity index is 1.79. The van der Waals surface area contributed by atoms with E-state index in [0.29, 0.717) is 22.7 Å². The van der Waals surface area contributed by atoms with Crippen molar-refractivity contribution >= 4 is 27.7 Å². The maximum atomic E-state index is 13.2. The first kappa shape index (κ1) is 19.9. The molecule has 5 aromatic rings. The molecule has 2 heterocycles. The van der Waals surface area contributed by atoms with Crippen LogP contribution in [0.25, 0.3) is 33.4 Å². The van der Waals surface area contributed by atoms with E-state index < -0.39 is 11.7 Å². The number of hydrogen-bond donors (Lipinski definition) is 1. The van der Waals surface area contributed by atoms with Crippen LogP contribution in [0.1, 0.15) is 5.56 Å². The highest BCUT2D eigenvalue weighted by Crippen LogP contribution is 2.32. The molecule has 0 radical (unpaired) electrons. The van der Waals surface area contributed by atoms with E-state index in [2.05, 4.69) is 15.0 Å².